The number of rotatable bonds is 7. The van der Waals surface area contributed by atoms with Gasteiger partial charge in [-0.1, -0.05) is 19.9 Å². The quantitative estimate of drug-likeness (QED) is 0.832. The number of hydrogen-bond donors (Lipinski definition) is 1. The summed E-state index contributed by atoms with van der Waals surface area (Å²) in [5.74, 6) is 0.574. The third-order valence-electron chi connectivity index (χ3n) is 3.91. The van der Waals surface area contributed by atoms with Gasteiger partial charge in [-0.15, -0.1) is 5.10 Å². The summed E-state index contributed by atoms with van der Waals surface area (Å²) in [4.78, 5) is 28.4. The predicted octanol–water partition coefficient (Wildman–Crippen LogP) is 1.20. The molecule has 7 heteroatoms. The Hall–Kier alpha value is -2.44. The lowest BCUT2D eigenvalue weighted by Gasteiger charge is -2.12. The molecule has 2 aromatic heterocycles. The van der Waals surface area contributed by atoms with Crippen molar-refractivity contribution in [2.45, 2.75) is 33.2 Å². The third-order valence-corrected chi connectivity index (χ3v) is 3.91. The minimum atomic E-state index is -0.220. The van der Waals surface area contributed by atoms with Crippen LogP contribution in [0.25, 0.3) is 11.5 Å². The van der Waals surface area contributed by atoms with E-state index in [9.17, 15) is 9.59 Å². The molecule has 0 aliphatic heterocycles. The highest BCUT2D eigenvalue weighted by atomic mass is 16.2. The molecule has 23 heavy (non-hydrogen) atoms. The molecule has 0 radical (unpaired) electrons. The molecule has 0 aliphatic rings. The van der Waals surface area contributed by atoms with Gasteiger partial charge in [0.1, 0.15) is 5.69 Å². The third kappa shape index (κ3) is 3.85. The van der Waals surface area contributed by atoms with E-state index >= 15 is 0 Å². The van der Waals surface area contributed by atoms with Gasteiger partial charge < -0.3 is 5.32 Å². The zero-order valence-corrected chi connectivity index (χ0v) is 13.8. The van der Waals surface area contributed by atoms with E-state index in [1.165, 1.54) is 9.25 Å². The van der Waals surface area contributed by atoms with Crippen molar-refractivity contribution in [1.29, 1.82) is 0 Å². The smallest absolute Gasteiger partial charge is 0.346 e. The molecule has 0 bridgehead atoms. The average molecular weight is 317 g/mol. The highest BCUT2D eigenvalue weighted by Crippen LogP contribution is 2.10. The monoisotopic (exact) mass is 317 g/mol. The van der Waals surface area contributed by atoms with Crippen LogP contribution in [0.15, 0.2) is 29.2 Å². The Bertz CT molecular complexity index is 701. The van der Waals surface area contributed by atoms with Crippen molar-refractivity contribution in [2.24, 2.45) is 13.0 Å². The fourth-order valence-corrected chi connectivity index (χ4v) is 2.44. The normalized spacial score (nSPS) is 11.0. The number of hydrogen-bond acceptors (Lipinski definition) is 4. The minimum absolute atomic E-state index is 0.0273. The van der Waals surface area contributed by atoms with Gasteiger partial charge in [0.25, 0.3) is 0 Å². The molecule has 0 aromatic carbocycles. The van der Waals surface area contributed by atoms with Crippen LogP contribution in [0.1, 0.15) is 26.7 Å². The molecule has 2 rings (SSSR count). The summed E-state index contributed by atoms with van der Waals surface area (Å²) in [5.41, 5.74) is 0.425. The Morgan fingerprint density at radius 2 is 2.04 bits per heavy atom. The van der Waals surface area contributed by atoms with Gasteiger partial charge in [0.2, 0.25) is 5.91 Å². The maximum atomic E-state index is 12.2. The van der Waals surface area contributed by atoms with E-state index < -0.39 is 0 Å². The van der Waals surface area contributed by atoms with Crippen LogP contribution in [0.3, 0.4) is 0 Å². The number of carbonyl (C=O) groups excluding carboxylic acids is 1. The molecule has 2 aromatic rings. The zero-order chi connectivity index (χ0) is 16.8. The average Bonchev–Trinajstić information content (AvgIpc) is 2.85. The van der Waals surface area contributed by atoms with E-state index in [4.69, 9.17) is 0 Å². The van der Waals surface area contributed by atoms with E-state index in [-0.39, 0.29) is 17.5 Å². The predicted molar refractivity (Wildman–Crippen MR) is 87.8 cm³/mol. The minimum Gasteiger partial charge on any atom is -0.354 e. The lowest BCUT2D eigenvalue weighted by atomic mass is 10.0. The molecule has 0 saturated heterocycles. The molecule has 2 heterocycles. The zero-order valence-electron chi connectivity index (χ0n) is 13.8. The second-order valence-electron chi connectivity index (χ2n) is 5.41. The van der Waals surface area contributed by atoms with Gasteiger partial charge in [-0.3, -0.25) is 14.3 Å². The molecule has 0 unspecified atom stereocenters. The van der Waals surface area contributed by atoms with Crippen LogP contribution in [0.2, 0.25) is 0 Å². The topological polar surface area (TPSA) is 81.8 Å². The van der Waals surface area contributed by atoms with Crippen molar-refractivity contribution in [3.63, 3.8) is 0 Å². The number of nitrogens with zero attached hydrogens (tertiary/aromatic N) is 4. The van der Waals surface area contributed by atoms with Gasteiger partial charge in [-0.2, -0.15) is 0 Å². The summed E-state index contributed by atoms with van der Waals surface area (Å²) >= 11 is 0. The van der Waals surface area contributed by atoms with E-state index in [0.717, 1.165) is 12.8 Å². The second-order valence-corrected chi connectivity index (χ2v) is 5.41. The first-order chi connectivity index (χ1) is 11.1. The summed E-state index contributed by atoms with van der Waals surface area (Å²) in [7, 11) is 1.67. The fraction of sp³-hybridized carbons (Fsp3) is 0.500. The number of pyridine rings is 1. The first kappa shape index (κ1) is 16.9. The van der Waals surface area contributed by atoms with Crippen LogP contribution in [0.5, 0.6) is 0 Å². The van der Waals surface area contributed by atoms with Crippen LogP contribution in [-0.4, -0.2) is 31.8 Å². The van der Waals surface area contributed by atoms with Crippen LogP contribution in [-0.2, 0) is 18.4 Å². The Labute approximate surface area is 135 Å². The lowest BCUT2D eigenvalue weighted by Crippen LogP contribution is -2.35. The van der Waals surface area contributed by atoms with Crippen LogP contribution >= 0.6 is 0 Å². The van der Waals surface area contributed by atoms with Crippen molar-refractivity contribution < 1.29 is 4.79 Å². The Morgan fingerprint density at radius 3 is 2.65 bits per heavy atom. The molecular weight excluding hydrogens is 294 g/mol. The molecule has 0 spiro atoms. The molecule has 0 saturated carbocycles. The maximum Gasteiger partial charge on any atom is 0.346 e. The first-order valence-electron chi connectivity index (χ1n) is 7.91. The Balaban J connectivity index is 2.05. The van der Waals surface area contributed by atoms with Gasteiger partial charge in [-0.05, 0) is 25.0 Å². The fourth-order valence-electron chi connectivity index (χ4n) is 2.44. The SMILES string of the molecule is CCC(CC)C(=O)NCCn1nc(-c2ccccn2)n(C)c1=O. The number of aromatic nitrogens is 4. The van der Waals surface area contributed by atoms with Crippen molar-refractivity contribution >= 4 is 5.91 Å². The summed E-state index contributed by atoms with van der Waals surface area (Å²) in [6, 6.07) is 5.47. The summed E-state index contributed by atoms with van der Waals surface area (Å²) in [6.07, 6.45) is 3.29. The maximum absolute atomic E-state index is 12.2. The van der Waals surface area contributed by atoms with Gasteiger partial charge in [0.05, 0.1) is 6.54 Å². The van der Waals surface area contributed by atoms with E-state index in [1.807, 2.05) is 26.0 Å². The molecule has 7 nitrogen and oxygen atoms in total. The van der Waals surface area contributed by atoms with E-state index in [1.54, 1.807) is 19.3 Å². The van der Waals surface area contributed by atoms with Crippen molar-refractivity contribution in [3.05, 3.63) is 34.9 Å². The number of amides is 1. The van der Waals surface area contributed by atoms with E-state index in [0.29, 0.717) is 24.6 Å². The van der Waals surface area contributed by atoms with Crippen LogP contribution in [0, 0.1) is 5.92 Å². The summed E-state index contributed by atoms with van der Waals surface area (Å²) in [5, 5.41) is 7.18. The molecule has 1 N–H and O–H groups in total. The van der Waals surface area contributed by atoms with Crippen LogP contribution in [0.4, 0.5) is 0 Å². The van der Waals surface area contributed by atoms with Crippen molar-refractivity contribution in [2.75, 3.05) is 6.54 Å². The highest BCUT2D eigenvalue weighted by molar-refractivity contribution is 5.78. The van der Waals surface area contributed by atoms with Crippen molar-refractivity contribution in [3.8, 4) is 11.5 Å². The summed E-state index contributed by atoms with van der Waals surface area (Å²) < 4.78 is 2.82. The van der Waals surface area contributed by atoms with Gasteiger partial charge in [0, 0.05) is 25.7 Å². The number of carbonyl (C=O) groups is 1. The second kappa shape index (κ2) is 7.71. The largest absolute Gasteiger partial charge is 0.354 e. The van der Waals surface area contributed by atoms with Gasteiger partial charge in [0.15, 0.2) is 5.82 Å². The number of nitrogens with one attached hydrogen (secondary N) is 1. The molecule has 124 valence electrons. The lowest BCUT2D eigenvalue weighted by molar-refractivity contribution is -0.125. The van der Waals surface area contributed by atoms with Gasteiger partial charge in [-0.25, -0.2) is 9.48 Å². The molecule has 0 atom stereocenters. The molecular formula is C16H23N5O2. The van der Waals surface area contributed by atoms with Gasteiger partial charge >= 0.3 is 5.69 Å². The molecule has 1 amide bonds. The van der Waals surface area contributed by atoms with Crippen molar-refractivity contribution in [1.82, 2.24) is 24.6 Å². The molecule has 0 fully saturated rings. The Kier molecular flexibility index (Phi) is 5.67. The highest BCUT2D eigenvalue weighted by Gasteiger charge is 2.15. The summed E-state index contributed by atoms with van der Waals surface area (Å²) in [6.45, 7) is 4.71. The first-order valence-corrected chi connectivity index (χ1v) is 7.91. The van der Waals surface area contributed by atoms with Crippen LogP contribution < -0.4 is 11.0 Å². The standard InChI is InChI=1S/C16H23N5O2/c1-4-12(5-2)15(22)18-10-11-21-16(23)20(3)14(19-21)13-8-6-7-9-17-13/h6-9,12H,4-5,10-11H2,1-3H3,(H,18,22). The molecule has 0 aliphatic carbocycles. The van der Waals surface area contributed by atoms with E-state index in [2.05, 4.69) is 15.4 Å². The Morgan fingerprint density at radius 1 is 1.30 bits per heavy atom.